The Balaban J connectivity index is 2.09. The number of benzene rings is 1. The maximum absolute atomic E-state index is 12.1. The number of para-hydroxylation sites is 1. The minimum Gasteiger partial charge on any atom is -0.311 e. The van der Waals surface area contributed by atoms with Gasteiger partial charge in [0.05, 0.1) is 5.69 Å². The summed E-state index contributed by atoms with van der Waals surface area (Å²) in [4.78, 5) is 13.9. The fraction of sp³-hybridized carbons (Fsp3) is 0.438. The number of fused-ring (bicyclic) bond motifs is 1. The molecule has 0 fully saturated rings. The number of nitrogens with zero attached hydrogens (tertiary/aromatic N) is 1. The molecule has 1 aromatic carbocycles. The van der Waals surface area contributed by atoms with E-state index in [0.717, 1.165) is 23.2 Å². The molecule has 2 heteroatoms. The third-order valence-electron chi connectivity index (χ3n) is 3.50. The Morgan fingerprint density at radius 2 is 1.94 bits per heavy atom. The van der Waals surface area contributed by atoms with Crippen molar-refractivity contribution in [2.24, 2.45) is 0 Å². The Hall–Kier alpha value is -1.57. The average Bonchev–Trinajstić information content (AvgIpc) is 2.64. The van der Waals surface area contributed by atoms with E-state index in [1.165, 1.54) is 25.7 Å². The number of likely N-dealkylation sites (N-methyl/N-ethyl adjacent to an activating group) is 1. The largest absolute Gasteiger partial charge is 0.311 e. The first-order valence-electron chi connectivity index (χ1n) is 6.83. The van der Waals surface area contributed by atoms with Crippen molar-refractivity contribution in [3.8, 4) is 0 Å². The Labute approximate surface area is 109 Å². The van der Waals surface area contributed by atoms with Crippen LogP contribution in [0, 0.1) is 0 Å². The first-order valence-corrected chi connectivity index (χ1v) is 6.83. The zero-order valence-electron chi connectivity index (χ0n) is 11.3. The van der Waals surface area contributed by atoms with Crippen LogP contribution in [0.15, 0.2) is 30.3 Å². The highest BCUT2D eigenvalue weighted by molar-refractivity contribution is 6.32. The molecule has 1 heterocycles. The zero-order valence-corrected chi connectivity index (χ0v) is 11.3. The first kappa shape index (κ1) is 12.9. The van der Waals surface area contributed by atoms with E-state index in [1.807, 2.05) is 31.3 Å². The fourth-order valence-electron chi connectivity index (χ4n) is 2.41. The summed E-state index contributed by atoms with van der Waals surface area (Å²) in [5, 5.41) is 0. The SMILES string of the molecule is CCCCCC/C=C1/C(=O)N(C)c2ccccc21. The van der Waals surface area contributed by atoms with Gasteiger partial charge in [-0.1, -0.05) is 50.5 Å². The number of rotatable bonds is 5. The van der Waals surface area contributed by atoms with Gasteiger partial charge in [-0.15, -0.1) is 0 Å². The molecule has 0 spiro atoms. The van der Waals surface area contributed by atoms with Gasteiger partial charge in [0.2, 0.25) is 0 Å². The van der Waals surface area contributed by atoms with Crippen LogP contribution in [0.1, 0.15) is 44.6 Å². The normalized spacial score (nSPS) is 16.4. The van der Waals surface area contributed by atoms with E-state index >= 15 is 0 Å². The Kier molecular flexibility index (Phi) is 4.19. The van der Waals surface area contributed by atoms with Crippen molar-refractivity contribution in [1.29, 1.82) is 0 Å². The minimum absolute atomic E-state index is 0.131. The molecule has 1 aromatic rings. The van der Waals surface area contributed by atoms with Gasteiger partial charge in [0.1, 0.15) is 0 Å². The van der Waals surface area contributed by atoms with E-state index in [9.17, 15) is 4.79 Å². The molecule has 0 aliphatic carbocycles. The van der Waals surface area contributed by atoms with Crippen molar-refractivity contribution >= 4 is 17.2 Å². The maximum atomic E-state index is 12.1. The molecule has 2 rings (SSSR count). The lowest BCUT2D eigenvalue weighted by Crippen LogP contribution is -2.20. The van der Waals surface area contributed by atoms with Crippen molar-refractivity contribution < 1.29 is 4.79 Å². The number of carbonyl (C=O) groups is 1. The zero-order chi connectivity index (χ0) is 13.0. The molecule has 2 nitrogen and oxygen atoms in total. The van der Waals surface area contributed by atoms with Crippen LogP contribution in [-0.4, -0.2) is 13.0 Å². The fourth-order valence-corrected chi connectivity index (χ4v) is 2.41. The molecule has 0 N–H and O–H groups in total. The van der Waals surface area contributed by atoms with E-state index in [2.05, 4.69) is 13.0 Å². The standard InChI is InChI=1S/C16H21NO/c1-3-4-5-6-7-11-14-13-10-8-9-12-15(13)17(2)16(14)18/h8-12H,3-7H2,1-2H3/b14-11+. The second-order valence-corrected chi connectivity index (χ2v) is 4.85. The van der Waals surface area contributed by atoms with Crippen LogP contribution >= 0.6 is 0 Å². The van der Waals surface area contributed by atoms with E-state index in [1.54, 1.807) is 4.90 Å². The molecule has 0 saturated heterocycles. The second-order valence-electron chi connectivity index (χ2n) is 4.85. The average molecular weight is 243 g/mol. The van der Waals surface area contributed by atoms with Gasteiger partial charge < -0.3 is 4.90 Å². The van der Waals surface area contributed by atoms with Crippen LogP contribution in [0.3, 0.4) is 0 Å². The summed E-state index contributed by atoms with van der Waals surface area (Å²) >= 11 is 0. The van der Waals surface area contributed by atoms with Crippen molar-refractivity contribution in [2.75, 3.05) is 11.9 Å². The van der Waals surface area contributed by atoms with Gasteiger partial charge in [-0.05, 0) is 18.9 Å². The van der Waals surface area contributed by atoms with Crippen LogP contribution in [0.5, 0.6) is 0 Å². The van der Waals surface area contributed by atoms with Crippen LogP contribution in [-0.2, 0) is 4.79 Å². The summed E-state index contributed by atoms with van der Waals surface area (Å²) in [6, 6.07) is 8.02. The molecule has 0 saturated carbocycles. The van der Waals surface area contributed by atoms with Crippen molar-refractivity contribution in [1.82, 2.24) is 0 Å². The van der Waals surface area contributed by atoms with Gasteiger partial charge in [-0.3, -0.25) is 4.79 Å². The smallest absolute Gasteiger partial charge is 0.258 e. The lowest BCUT2D eigenvalue weighted by atomic mass is 10.0. The molecule has 1 amide bonds. The number of hydrogen-bond acceptors (Lipinski definition) is 1. The number of anilines is 1. The molecular formula is C16H21NO. The van der Waals surface area contributed by atoms with Gasteiger partial charge in [-0.2, -0.15) is 0 Å². The minimum atomic E-state index is 0.131. The quantitative estimate of drug-likeness (QED) is 0.565. The molecular weight excluding hydrogens is 222 g/mol. The van der Waals surface area contributed by atoms with Crippen molar-refractivity contribution in [3.05, 3.63) is 35.9 Å². The molecule has 0 bridgehead atoms. The highest BCUT2D eigenvalue weighted by Gasteiger charge is 2.28. The summed E-state index contributed by atoms with van der Waals surface area (Å²) < 4.78 is 0. The summed E-state index contributed by atoms with van der Waals surface area (Å²) in [7, 11) is 1.85. The van der Waals surface area contributed by atoms with Gasteiger partial charge in [0.25, 0.3) is 5.91 Å². The van der Waals surface area contributed by atoms with E-state index in [-0.39, 0.29) is 5.91 Å². The third kappa shape index (κ3) is 2.47. The lowest BCUT2D eigenvalue weighted by molar-refractivity contribution is -0.112. The highest BCUT2D eigenvalue weighted by Crippen LogP contribution is 2.35. The van der Waals surface area contributed by atoms with Crippen LogP contribution < -0.4 is 4.90 Å². The Morgan fingerprint density at radius 1 is 1.17 bits per heavy atom. The van der Waals surface area contributed by atoms with Crippen LogP contribution in [0.4, 0.5) is 5.69 Å². The topological polar surface area (TPSA) is 20.3 Å². The van der Waals surface area contributed by atoms with Gasteiger partial charge in [-0.25, -0.2) is 0 Å². The molecule has 18 heavy (non-hydrogen) atoms. The molecule has 96 valence electrons. The Morgan fingerprint density at radius 3 is 2.72 bits per heavy atom. The van der Waals surface area contributed by atoms with Gasteiger partial charge in [0.15, 0.2) is 0 Å². The van der Waals surface area contributed by atoms with E-state index in [0.29, 0.717) is 0 Å². The Bertz CT molecular complexity index is 462. The number of carbonyl (C=O) groups excluding carboxylic acids is 1. The summed E-state index contributed by atoms with van der Waals surface area (Å²) in [5.41, 5.74) is 2.99. The monoisotopic (exact) mass is 243 g/mol. The summed E-state index contributed by atoms with van der Waals surface area (Å²) in [6.07, 6.45) is 8.08. The van der Waals surface area contributed by atoms with Gasteiger partial charge in [0, 0.05) is 18.2 Å². The predicted molar refractivity (Wildman–Crippen MR) is 76.6 cm³/mol. The summed E-state index contributed by atoms with van der Waals surface area (Å²) in [5.74, 6) is 0.131. The summed E-state index contributed by atoms with van der Waals surface area (Å²) in [6.45, 7) is 2.21. The first-order chi connectivity index (χ1) is 8.75. The van der Waals surface area contributed by atoms with Crippen molar-refractivity contribution in [3.63, 3.8) is 0 Å². The highest BCUT2D eigenvalue weighted by atomic mass is 16.2. The van der Waals surface area contributed by atoms with Crippen molar-refractivity contribution in [2.45, 2.75) is 39.0 Å². The molecule has 0 unspecified atom stereocenters. The predicted octanol–water partition coefficient (Wildman–Crippen LogP) is 4.02. The number of hydrogen-bond donors (Lipinski definition) is 0. The molecule has 1 aliphatic heterocycles. The molecule has 0 atom stereocenters. The van der Waals surface area contributed by atoms with Gasteiger partial charge >= 0.3 is 0 Å². The van der Waals surface area contributed by atoms with E-state index < -0.39 is 0 Å². The van der Waals surface area contributed by atoms with Crippen LogP contribution in [0.2, 0.25) is 0 Å². The third-order valence-corrected chi connectivity index (χ3v) is 3.50. The maximum Gasteiger partial charge on any atom is 0.258 e. The van der Waals surface area contributed by atoms with E-state index in [4.69, 9.17) is 0 Å². The molecule has 0 radical (unpaired) electrons. The molecule has 0 aromatic heterocycles. The van der Waals surface area contributed by atoms with Crippen LogP contribution in [0.25, 0.3) is 5.57 Å². The number of allylic oxidation sites excluding steroid dienone is 1. The number of amides is 1. The molecule has 1 aliphatic rings. The lowest BCUT2D eigenvalue weighted by Gasteiger charge is -2.07. The second kappa shape index (κ2) is 5.85. The number of unbranched alkanes of at least 4 members (excludes halogenated alkanes) is 4.